The van der Waals surface area contributed by atoms with Gasteiger partial charge in [-0.3, -0.25) is 9.80 Å². The van der Waals surface area contributed by atoms with Gasteiger partial charge in [0.15, 0.2) is 0 Å². The number of piperazine rings is 1. The van der Waals surface area contributed by atoms with Crippen LogP contribution in [0.15, 0.2) is 0 Å². The van der Waals surface area contributed by atoms with Gasteiger partial charge in [-0.25, -0.2) is 8.42 Å². The number of fused-ring (bicyclic) bond motifs is 1. The Labute approximate surface area is 117 Å². The van der Waals surface area contributed by atoms with E-state index in [0.29, 0.717) is 23.6 Å². The average Bonchev–Trinajstić information content (AvgIpc) is 2.84. The maximum atomic E-state index is 11.6. The van der Waals surface area contributed by atoms with Gasteiger partial charge >= 0.3 is 0 Å². The molecule has 0 bridgehead atoms. The topological polar surface area (TPSA) is 40.6 Å². The van der Waals surface area contributed by atoms with E-state index < -0.39 is 9.84 Å². The van der Waals surface area contributed by atoms with E-state index >= 15 is 0 Å². The number of sulfone groups is 1. The molecule has 0 N–H and O–H groups in total. The molecule has 0 saturated carbocycles. The lowest BCUT2D eigenvalue weighted by Gasteiger charge is -2.48. The third-order valence-corrected chi connectivity index (χ3v) is 7.01. The highest BCUT2D eigenvalue weighted by Crippen LogP contribution is 2.30. The van der Waals surface area contributed by atoms with Crippen molar-refractivity contribution in [2.75, 3.05) is 31.1 Å². The zero-order valence-electron chi connectivity index (χ0n) is 11.9. The van der Waals surface area contributed by atoms with Gasteiger partial charge in [-0.1, -0.05) is 6.92 Å². The lowest BCUT2D eigenvalue weighted by molar-refractivity contribution is 0.0153. The molecule has 0 aromatic heterocycles. The molecule has 3 heterocycles. The van der Waals surface area contributed by atoms with Crippen LogP contribution in [0.1, 0.15) is 39.0 Å². The van der Waals surface area contributed by atoms with Crippen LogP contribution >= 0.6 is 0 Å². The molecule has 110 valence electrons. The summed E-state index contributed by atoms with van der Waals surface area (Å²) in [6.45, 7) is 5.91. The van der Waals surface area contributed by atoms with E-state index in [4.69, 9.17) is 0 Å². The van der Waals surface area contributed by atoms with Gasteiger partial charge in [-0.15, -0.1) is 0 Å². The fourth-order valence-electron chi connectivity index (χ4n) is 4.13. The van der Waals surface area contributed by atoms with Crippen molar-refractivity contribution >= 4 is 9.84 Å². The molecule has 19 heavy (non-hydrogen) atoms. The molecule has 0 amide bonds. The molecule has 3 rings (SSSR count). The lowest BCUT2D eigenvalue weighted by atomic mass is 9.99. The van der Waals surface area contributed by atoms with E-state index in [0.717, 1.165) is 18.9 Å². The molecular formula is C14H26N2O2S. The Hall–Kier alpha value is -0.130. The number of rotatable bonds is 2. The van der Waals surface area contributed by atoms with E-state index in [1.54, 1.807) is 0 Å². The molecule has 3 fully saturated rings. The zero-order chi connectivity index (χ0) is 13.5. The standard InChI is InChI=1S/C14H26N2O2S/c1-2-12-10-15-7-3-4-14(15)11-16(12)13-5-8-19(17,18)9-6-13/h12-14H,2-11H2,1H3. The van der Waals surface area contributed by atoms with E-state index in [-0.39, 0.29) is 0 Å². The van der Waals surface area contributed by atoms with Gasteiger partial charge < -0.3 is 0 Å². The lowest BCUT2D eigenvalue weighted by Crippen LogP contribution is -2.59. The molecule has 0 aromatic rings. The molecule has 3 aliphatic rings. The molecule has 2 atom stereocenters. The van der Waals surface area contributed by atoms with Crippen molar-refractivity contribution < 1.29 is 8.42 Å². The summed E-state index contributed by atoms with van der Waals surface area (Å²) in [5, 5.41) is 0. The molecule has 0 spiro atoms. The first kappa shape index (κ1) is 13.8. The summed E-state index contributed by atoms with van der Waals surface area (Å²) < 4.78 is 23.2. The Bertz CT molecular complexity index is 409. The third-order valence-electron chi connectivity index (χ3n) is 5.30. The van der Waals surface area contributed by atoms with Crippen LogP contribution in [0.2, 0.25) is 0 Å². The summed E-state index contributed by atoms with van der Waals surface area (Å²) in [4.78, 5) is 5.31. The molecule has 2 unspecified atom stereocenters. The van der Waals surface area contributed by atoms with Crippen LogP contribution in [0, 0.1) is 0 Å². The second kappa shape index (κ2) is 5.34. The smallest absolute Gasteiger partial charge is 0.150 e. The Balaban J connectivity index is 1.68. The molecule has 0 aromatic carbocycles. The van der Waals surface area contributed by atoms with Crippen LogP contribution in [0.5, 0.6) is 0 Å². The first-order valence-electron chi connectivity index (χ1n) is 7.79. The van der Waals surface area contributed by atoms with Crippen molar-refractivity contribution in [2.45, 2.75) is 57.2 Å². The van der Waals surface area contributed by atoms with Gasteiger partial charge in [0.25, 0.3) is 0 Å². The normalized spacial score (nSPS) is 37.3. The minimum atomic E-state index is -2.73. The SMILES string of the molecule is CCC1CN2CCCC2CN1C1CCS(=O)(=O)CC1. The van der Waals surface area contributed by atoms with Crippen molar-refractivity contribution in [3.8, 4) is 0 Å². The summed E-state index contributed by atoms with van der Waals surface area (Å²) in [6.07, 6.45) is 5.56. The van der Waals surface area contributed by atoms with Crippen LogP contribution in [-0.2, 0) is 9.84 Å². The third kappa shape index (κ3) is 2.83. The number of nitrogens with zero attached hydrogens (tertiary/aromatic N) is 2. The zero-order valence-corrected chi connectivity index (χ0v) is 12.7. The van der Waals surface area contributed by atoms with Crippen molar-refractivity contribution in [1.82, 2.24) is 9.80 Å². The minimum absolute atomic E-state index is 0.402. The molecule has 3 saturated heterocycles. The van der Waals surface area contributed by atoms with Gasteiger partial charge in [-0.2, -0.15) is 0 Å². The molecular weight excluding hydrogens is 260 g/mol. The fourth-order valence-corrected chi connectivity index (χ4v) is 5.60. The summed E-state index contributed by atoms with van der Waals surface area (Å²) in [5.74, 6) is 0.804. The molecule has 5 heteroatoms. The molecule has 0 aliphatic carbocycles. The van der Waals surface area contributed by atoms with Crippen molar-refractivity contribution in [2.24, 2.45) is 0 Å². The van der Waals surface area contributed by atoms with Gasteiger partial charge in [0.2, 0.25) is 0 Å². The Morgan fingerprint density at radius 3 is 2.47 bits per heavy atom. The van der Waals surface area contributed by atoms with Crippen molar-refractivity contribution in [3.63, 3.8) is 0 Å². The Kier molecular flexibility index (Phi) is 3.89. The maximum absolute atomic E-state index is 11.6. The average molecular weight is 286 g/mol. The maximum Gasteiger partial charge on any atom is 0.150 e. The van der Waals surface area contributed by atoms with Crippen LogP contribution in [0.25, 0.3) is 0 Å². The van der Waals surface area contributed by atoms with E-state index in [1.807, 2.05) is 0 Å². The summed E-state index contributed by atoms with van der Waals surface area (Å²) in [7, 11) is -2.73. The second-order valence-electron chi connectivity index (χ2n) is 6.43. The van der Waals surface area contributed by atoms with Crippen LogP contribution < -0.4 is 0 Å². The molecule has 3 aliphatic heterocycles. The predicted octanol–water partition coefficient (Wildman–Crippen LogP) is 1.12. The summed E-state index contributed by atoms with van der Waals surface area (Å²) in [5.41, 5.74) is 0. The van der Waals surface area contributed by atoms with Gasteiger partial charge in [0.1, 0.15) is 9.84 Å². The first-order chi connectivity index (χ1) is 9.09. The van der Waals surface area contributed by atoms with E-state index in [1.165, 1.54) is 38.9 Å². The fraction of sp³-hybridized carbons (Fsp3) is 1.00. The van der Waals surface area contributed by atoms with Crippen molar-refractivity contribution in [1.29, 1.82) is 0 Å². The van der Waals surface area contributed by atoms with E-state index in [9.17, 15) is 8.42 Å². The van der Waals surface area contributed by atoms with Crippen molar-refractivity contribution in [3.05, 3.63) is 0 Å². The highest BCUT2D eigenvalue weighted by molar-refractivity contribution is 7.91. The van der Waals surface area contributed by atoms with Gasteiger partial charge in [0.05, 0.1) is 11.5 Å². The van der Waals surface area contributed by atoms with Crippen LogP contribution in [-0.4, -0.2) is 67.5 Å². The summed E-state index contributed by atoms with van der Waals surface area (Å²) in [6, 6.07) is 1.89. The minimum Gasteiger partial charge on any atom is -0.298 e. The number of hydrogen-bond acceptors (Lipinski definition) is 4. The van der Waals surface area contributed by atoms with Gasteiger partial charge in [0, 0.05) is 31.2 Å². The van der Waals surface area contributed by atoms with Crippen LogP contribution in [0.3, 0.4) is 0 Å². The van der Waals surface area contributed by atoms with Crippen LogP contribution in [0.4, 0.5) is 0 Å². The predicted molar refractivity (Wildman–Crippen MR) is 77.1 cm³/mol. The quantitative estimate of drug-likeness (QED) is 0.763. The van der Waals surface area contributed by atoms with Gasteiger partial charge in [-0.05, 0) is 38.6 Å². The largest absolute Gasteiger partial charge is 0.298 e. The Morgan fingerprint density at radius 1 is 1.05 bits per heavy atom. The Morgan fingerprint density at radius 2 is 1.79 bits per heavy atom. The molecule has 0 radical (unpaired) electrons. The highest BCUT2D eigenvalue weighted by atomic mass is 32.2. The van der Waals surface area contributed by atoms with E-state index in [2.05, 4.69) is 16.7 Å². The summed E-state index contributed by atoms with van der Waals surface area (Å²) >= 11 is 0. The first-order valence-corrected chi connectivity index (χ1v) is 9.61. The number of hydrogen-bond donors (Lipinski definition) is 0. The molecule has 4 nitrogen and oxygen atoms in total. The second-order valence-corrected chi connectivity index (χ2v) is 8.74. The highest BCUT2D eigenvalue weighted by Gasteiger charge is 2.39. The monoisotopic (exact) mass is 286 g/mol.